The fourth-order valence-electron chi connectivity index (χ4n) is 1.98. The number of carbonyl (C=O) groups excluding carboxylic acids is 1. The van der Waals surface area contributed by atoms with Crippen molar-refractivity contribution in [1.82, 2.24) is 9.97 Å². The van der Waals surface area contributed by atoms with E-state index in [0.29, 0.717) is 11.3 Å². The maximum absolute atomic E-state index is 12.9. The molecule has 2 rings (SSSR count). The molecule has 0 aliphatic heterocycles. The highest BCUT2D eigenvalue weighted by molar-refractivity contribution is 5.87. The molecular formula is C16H17F2N3O5. The van der Waals surface area contributed by atoms with E-state index in [9.17, 15) is 18.4 Å². The second-order valence-electron chi connectivity index (χ2n) is 5.22. The van der Waals surface area contributed by atoms with Gasteiger partial charge in [0, 0.05) is 11.8 Å². The van der Waals surface area contributed by atoms with Crippen molar-refractivity contribution in [2.45, 2.75) is 26.2 Å². The maximum atomic E-state index is 12.9. The summed E-state index contributed by atoms with van der Waals surface area (Å²) < 4.78 is 35.8. The third-order valence-corrected chi connectivity index (χ3v) is 3.26. The Morgan fingerprint density at radius 2 is 2.19 bits per heavy atom. The van der Waals surface area contributed by atoms with Gasteiger partial charge in [0.25, 0.3) is 6.43 Å². The molecule has 2 aromatic heterocycles. The van der Waals surface area contributed by atoms with Crippen molar-refractivity contribution >= 4 is 17.9 Å². The predicted octanol–water partition coefficient (Wildman–Crippen LogP) is 3.44. The molecule has 0 atom stereocenters. The summed E-state index contributed by atoms with van der Waals surface area (Å²) in [5.41, 5.74) is -0.0232. The lowest BCUT2D eigenvalue weighted by Crippen LogP contribution is -2.36. The van der Waals surface area contributed by atoms with Gasteiger partial charge in [-0.3, -0.25) is 4.90 Å². The molecule has 0 spiro atoms. The number of rotatable bonds is 8. The Morgan fingerprint density at radius 3 is 2.81 bits per heavy atom. The van der Waals surface area contributed by atoms with E-state index in [4.69, 9.17) is 14.3 Å². The number of pyridine rings is 1. The number of oxazole rings is 1. The van der Waals surface area contributed by atoms with Crippen molar-refractivity contribution in [3.63, 3.8) is 0 Å². The molecule has 140 valence electrons. The van der Waals surface area contributed by atoms with Gasteiger partial charge in [-0.15, -0.1) is 0 Å². The standard InChI is InChI=1S/C16H17F2N3O5/c1-2-3-6-25-16(24)21(8-12(17)18)13-7-10(4-5-19-13)14-20-11(9-26-14)15(22)23/h4-5,7,9,12H,2-3,6,8H2,1H3,(H,22,23). The van der Waals surface area contributed by atoms with Gasteiger partial charge in [-0.25, -0.2) is 28.3 Å². The number of hydrogen-bond donors (Lipinski definition) is 1. The first-order valence-electron chi connectivity index (χ1n) is 7.80. The number of halogens is 2. The van der Waals surface area contributed by atoms with E-state index >= 15 is 0 Å². The molecule has 0 saturated carbocycles. The molecule has 1 amide bonds. The molecule has 0 bridgehead atoms. The third-order valence-electron chi connectivity index (χ3n) is 3.26. The second kappa shape index (κ2) is 8.88. The van der Waals surface area contributed by atoms with Gasteiger partial charge in [0.05, 0.1) is 13.2 Å². The summed E-state index contributed by atoms with van der Waals surface area (Å²) in [6.45, 7) is 1.11. The highest BCUT2D eigenvalue weighted by Crippen LogP contribution is 2.23. The topological polar surface area (TPSA) is 106 Å². The summed E-state index contributed by atoms with van der Waals surface area (Å²) in [7, 11) is 0. The predicted molar refractivity (Wildman–Crippen MR) is 86.3 cm³/mol. The minimum Gasteiger partial charge on any atom is -0.476 e. The summed E-state index contributed by atoms with van der Waals surface area (Å²) in [6, 6.07) is 2.74. The summed E-state index contributed by atoms with van der Waals surface area (Å²) >= 11 is 0. The van der Waals surface area contributed by atoms with Crippen LogP contribution in [0, 0.1) is 0 Å². The monoisotopic (exact) mass is 369 g/mol. The minimum atomic E-state index is -2.79. The number of aromatic nitrogens is 2. The van der Waals surface area contributed by atoms with Crippen molar-refractivity contribution < 1.29 is 32.6 Å². The van der Waals surface area contributed by atoms with Gasteiger partial charge in [-0.05, 0) is 18.6 Å². The third kappa shape index (κ3) is 4.98. The first-order chi connectivity index (χ1) is 12.4. The van der Waals surface area contributed by atoms with Crippen LogP contribution in [0.15, 0.2) is 29.0 Å². The van der Waals surface area contributed by atoms with E-state index in [1.807, 2.05) is 6.92 Å². The van der Waals surface area contributed by atoms with Crippen LogP contribution >= 0.6 is 0 Å². The number of hydrogen-bond acceptors (Lipinski definition) is 6. The van der Waals surface area contributed by atoms with Crippen LogP contribution in [0.25, 0.3) is 11.5 Å². The summed E-state index contributed by atoms with van der Waals surface area (Å²) in [4.78, 5) is 31.4. The van der Waals surface area contributed by atoms with Crippen LogP contribution in [0.3, 0.4) is 0 Å². The summed E-state index contributed by atoms with van der Waals surface area (Å²) in [5, 5.41) is 8.87. The van der Waals surface area contributed by atoms with Crippen LogP contribution in [0.1, 0.15) is 30.3 Å². The van der Waals surface area contributed by atoms with Gasteiger partial charge in [0.15, 0.2) is 5.69 Å². The van der Waals surface area contributed by atoms with Gasteiger partial charge in [0.1, 0.15) is 12.1 Å². The Kier molecular flexibility index (Phi) is 6.59. The number of aromatic carboxylic acids is 1. The summed E-state index contributed by atoms with van der Waals surface area (Å²) in [5.74, 6) is -1.39. The molecule has 2 aromatic rings. The van der Waals surface area contributed by atoms with E-state index in [0.717, 1.165) is 12.7 Å². The maximum Gasteiger partial charge on any atom is 0.415 e. The van der Waals surface area contributed by atoms with E-state index in [1.54, 1.807) is 0 Å². The number of carbonyl (C=O) groups is 2. The smallest absolute Gasteiger partial charge is 0.415 e. The van der Waals surface area contributed by atoms with Crippen molar-refractivity contribution in [3.8, 4) is 11.5 Å². The molecule has 0 aromatic carbocycles. The fourth-order valence-corrected chi connectivity index (χ4v) is 1.98. The molecule has 0 aliphatic rings. The summed E-state index contributed by atoms with van der Waals surface area (Å²) in [6.07, 6.45) is -0.121. The number of nitrogens with zero attached hydrogens (tertiary/aromatic N) is 3. The zero-order valence-electron chi connectivity index (χ0n) is 13.9. The quantitative estimate of drug-likeness (QED) is 0.710. The molecule has 0 unspecified atom stereocenters. The molecule has 10 heteroatoms. The lowest BCUT2D eigenvalue weighted by Gasteiger charge is -2.21. The van der Waals surface area contributed by atoms with Crippen LogP contribution in [0.5, 0.6) is 0 Å². The van der Waals surface area contributed by atoms with Gasteiger partial charge < -0.3 is 14.3 Å². The average molecular weight is 369 g/mol. The SMILES string of the molecule is CCCCOC(=O)N(CC(F)F)c1cc(-c2nc(C(=O)O)co2)ccn1. The van der Waals surface area contributed by atoms with Gasteiger partial charge in [-0.1, -0.05) is 13.3 Å². The van der Waals surface area contributed by atoms with E-state index in [1.165, 1.54) is 18.3 Å². The Hall–Kier alpha value is -3.04. The lowest BCUT2D eigenvalue weighted by molar-refractivity contribution is 0.0690. The van der Waals surface area contributed by atoms with E-state index in [2.05, 4.69) is 9.97 Å². The first-order valence-corrected chi connectivity index (χ1v) is 7.80. The van der Waals surface area contributed by atoms with Crippen molar-refractivity contribution in [2.24, 2.45) is 0 Å². The minimum absolute atomic E-state index is 0.0394. The fraction of sp³-hybridized carbons (Fsp3) is 0.375. The molecule has 0 fully saturated rings. The van der Waals surface area contributed by atoms with Crippen LogP contribution in [-0.4, -0.2) is 46.7 Å². The number of carboxylic acid groups (broad SMARTS) is 1. The normalized spacial score (nSPS) is 10.8. The molecule has 0 saturated heterocycles. The molecule has 0 aliphatic carbocycles. The number of carboxylic acids is 1. The highest BCUT2D eigenvalue weighted by Gasteiger charge is 2.23. The van der Waals surface area contributed by atoms with Crippen molar-refractivity contribution in [1.29, 1.82) is 0 Å². The Morgan fingerprint density at radius 1 is 1.42 bits per heavy atom. The number of unbranched alkanes of at least 4 members (excludes halogenated alkanes) is 1. The molecule has 26 heavy (non-hydrogen) atoms. The van der Waals surface area contributed by atoms with Crippen LogP contribution in [0.4, 0.5) is 19.4 Å². The lowest BCUT2D eigenvalue weighted by atomic mass is 10.2. The van der Waals surface area contributed by atoms with Crippen molar-refractivity contribution in [2.75, 3.05) is 18.1 Å². The van der Waals surface area contributed by atoms with Crippen LogP contribution in [0.2, 0.25) is 0 Å². The van der Waals surface area contributed by atoms with E-state index < -0.39 is 25.0 Å². The Bertz CT molecular complexity index is 766. The second-order valence-corrected chi connectivity index (χ2v) is 5.22. The van der Waals surface area contributed by atoms with Crippen LogP contribution < -0.4 is 4.90 Å². The first kappa shape index (κ1) is 19.3. The van der Waals surface area contributed by atoms with Gasteiger partial charge >= 0.3 is 12.1 Å². The highest BCUT2D eigenvalue weighted by atomic mass is 19.3. The van der Waals surface area contributed by atoms with Crippen LogP contribution in [-0.2, 0) is 4.74 Å². The average Bonchev–Trinajstić information content (AvgIpc) is 3.10. The number of amides is 1. The molecular weight excluding hydrogens is 352 g/mol. The van der Waals surface area contributed by atoms with Gasteiger partial charge in [0.2, 0.25) is 5.89 Å². The number of alkyl halides is 2. The molecule has 8 nitrogen and oxygen atoms in total. The molecule has 1 N–H and O–H groups in total. The van der Waals surface area contributed by atoms with Gasteiger partial charge in [-0.2, -0.15) is 0 Å². The zero-order valence-corrected chi connectivity index (χ0v) is 13.9. The van der Waals surface area contributed by atoms with E-state index in [-0.39, 0.29) is 29.6 Å². The number of ether oxygens (including phenoxy) is 1. The largest absolute Gasteiger partial charge is 0.476 e. The Balaban J connectivity index is 2.27. The molecule has 0 radical (unpaired) electrons. The van der Waals surface area contributed by atoms with Crippen molar-refractivity contribution in [3.05, 3.63) is 30.3 Å². The zero-order chi connectivity index (χ0) is 19.1. The number of anilines is 1. The molecule has 2 heterocycles. The Labute approximate surface area is 147 Å².